The Balaban J connectivity index is 1.60. The van der Waals surface area contributed by atoms with Gasteiger partial charge in [-0.3, -0.25) is 0 Å². The topological polar surface area (TPSA) is 21.3 Å². The predicted molar refractivity (Wildman–Crippen MR) is 107 cm³/mol. The first kappa shape index (κ1) is 18.1. The molecule has 4 heteroatoms. The van der Waals surface area contributed by atoms with E-state index in [-0.39, 0.29) is 5.82 Å². The molecule has 0 atom stereocenters. The molecule has 0 unspecified atom stereocenters. The molecule has 3 rings (SSSR count). The fourth-order valence-corrected chi connectivity index (χ4v) is 2.76. The standard InChI is InChI=1S/C22H20FNOS/c1-16-5-2-3-6-19(16)14-24-22(26)18-7-4-8-21(13-18)25-15-17-9-11-20(23)12-10-17/h2-13H,14-15H2,1H3,(H,24,26). The van der Waals surface area contributed by atoms with Crippen molar-refractivity contribution in [3.05, 3.63) is 101 Å². The van der Waals surface area contributed by atoms with Gasteiger partial charge in [0.2, 0.25) is 0 Å². The highest BCUT2D eigenvalue weighted by molar-refractivity contribution is 7.80. The molecular formula is C22H20FNOS. The molecule has 2 nitrogen and oxygen atoms in total. The maximum Gasteiger partial charge on any atom is 0.123 e. The van der Waals surface area contributed by atoms with Crippen LogP contribution in [0.2, 0.25) is 0 Å². The second-order valence-electron chi connectivity index (χ2n) is 6.05. The summed E-state index contributed by atoms with van der Waals surface area (Å²) in [6.07, 6.45) is 0. The van der Waals surface area contributed by atoms with E-state index in [1.165, 1.54) is 23.3 Å². The van der Waals surface area contributed by atoms with Gasteiger partial charge in [0.25, 0.3) is 0 Å². The molecule has 3 aromatic rings. The van der Waals surface area contributed by atoms with Crippen molar-refractivity contribution in [1.82, 2.24) is 5.32 Å². The van der Waals surface area contributed by atoms with E-state index in [0.29, 0.717) is 18.1 Å². The fourth-order valence-electron chi connectivity index (χ4n) is 2.56. The number of nitrogens with one attached hydrogen (secondary N) is 1. The molecule has 0 amide bonds. The van der Waals surface area contributed by atoms with Crippen LogP contribution < -0.4 is 10.1 Å². The van der Waals surface area contributed by atoms with Crippen molar-refractivity contribution in [2.75, 3.05) is 0 Å². The van der Waals surface area contributed by atoms with Crippen molar-refractivity contribution >= 4 is 17.2 Å². The maximum atomic E-state index is 12.9. The van der Waals surface area contributed by atoms with Crippen molar-refractivity contribution in [2.24, 2.45) is 0 Å². The second kappa shape index (κ2) is 8.59. The van der Waals surface area contributed by atoms with Crippen LogP contribution in [0, 0.1) is 12.7 Å². The van der Waals surface area contributed by atoms with Gasteiger partial charge in [0.1, 0.15) is 23.2 Å². The van der Waals surface area contributed by atoms with Gasteiger partial charge in [-0.1, -0.05) is 60.7 Å². The first-order valence-electron chi connectivity index (χ1n) is 8.42. The van der Waals surface area contributed by atoms with E-state index < -0.39 is 0 Å². The average Bonchev–Trinajstić information content (AvgIpc) is 2.67. The first-order valence-corrected chi connectivity index (χ1v) is 8.82. The quantitative estimate of drug-likeness (QED) is 0.608. The van der Waals surface area contributed by atoms with Crippen LogP contribution in [0.15, 0.2) is 72.8 Å². The highest BCUT2D eigenvalue weighted by Crippen LogP contribution is 2.16. The molecule has 0 saturated carbocycles. The number of hydrogen-bond donors (Lipinski definition) is 1. The van der Waals surface area contributed by atoms with Crippen LogP contribution in [-0.2, 0) is 13.2 Å². The normalized spacial score (nSPS) is 10.4. The molecule has 0 aliphatic heterocycles. The molecule has 0 radical (unpaired) electrons. The van der Waals surface area contributed by atoms with E-state index in [4.69, 9.17) is 17.0 Å². The van der Waals surface area contributed by atoms with Gasteiger partial charge >= 0.3 is 0 Å². The number of hydrogen-bond acceptors (Lipinski definition) is 2. The molecule has 0 aliphatic carbocycles. The molecule has 3 aromatic carbocycles. The van der Waals surface area contributed by atoms with E-state index in [9.17, 15) is 4.39 Å². The Labute approximate surface area is 158 Å². The van der Waals surface area contributed by atoms with Crippen molar-refractivity contribution in [1.29, 1.82) is 0 Å². The van der Waals surface area contributed by atoms with Crippen molar-refractivity contribution in [3.63, 3.8) is 0 Å². The van der Waals surface area contributed by atoms with Gasteiger partial charge in [-0.2, -0.15) is 0 Å². The molecule has 132 valence electrons. The lowest BCUT2D eigenvalue weighted by molar-refractivity contribution is 0.306. The van der Waals surface area contributed by atoms with Gasteiger partial charge in [-0.25, -0.2) is 4.39 Å². The van der Waals surface area contributed by atoms with Crippen molar-refractivity contribution in [2.45, 2.75) is 20.1 Å². The number of ether oxygens (including phenoxy) is 1. The molecule has 26 heavy (non-hydrogen) atoms. The third kappa shape index (κ3) is 4.90. The summed E-state index contributed by atoms with van der Waals surface area (Å²) in [6, 6.07) is 22.2. The van der Waals surface area contributed by atoms with Crippen LogP contribution in [0.1, 0.15) is 22.3 Å². The summed E-state index contributed by atoms with van der Waals surface area (Å²) in [5.41, 5.74) is 4.28. The highest BCUT2D eigenvalue weighted by Gasteiger charge is 2.05. The SMILES string of the molecule is Cc1ccccc1CNC(=S)c1cccc(OCc2ccc(F)cc2)c1. The Morgan fingerprint density at radius 1 is 1.00 bits per heavy atom. The van der Waals surface area contributed by atoms with Crippen LogP contribution in [0.3, 0.4) is 0 Å². The van der Waals surface area contributed by atoms with Gasteiger partial charge in [0, 0.05) is 12.1 Å². The lowest BCUT2D eigenvalue weighted by Gasteiger charge is -2.12. The molecule has 0 bridgehead atoms. The van der Waals surface area contributed by atoms with Gasteiger partial charge in [0.05, 0.1) is 0 Å². The molecule has 1 N–H and O–H groups in total. The zero-order valence-electron chi connectivity index (χ0n) is 14.5. The van der Waals surface area contributed by atoms with Crippen LogP contribution in [-0.4, -0.2) is 4.99 Å². The summed E-state index contributed by atoms with van der Waals surface area (Å²) in [6.45, 7) is 3.16. The summed E-state index contributed by atoms with van der Waals surface area (Å²) < 4.78 is 18.7. The summed E-state index contributed by atoms with van der Waals surface area (Å²) in [5, 5.41) is 3.30. The third-order valence-corrected chi connectivity index (χ3v) is 4.50. The Hall–Kier alpha value is -2.72. The van der Waals surface area contributed by atoms with Crippen LogP contribution >= 0.6 is 12.2 Å². The van der Waals surface area contributed by atoms with Gasteiger partial charge in [-0.05, 0) is 47.9 Å². The number of halogens is 1. The van der Waals surface area contributed by atoms with Crippen LogP contribution in [0.4, 0.5) is 4.39 Å². The molecule has 0 saturated heterocycles. The van der Waals surface area contributed by atoms with Gasteiger partial charge in [-0.15, -0.1) is 0 Å². The first-order chi connectivity index (χ1) is 12.6. The summed E-state index contributed by atoms with van der Waals surface area (Å²) >= 11 is 5.51. The Morgan fingerprint density at radius 2 is 1.77 bits per heavy atom. The minimum absolute atomic E-state index is 0.249. The number of aryl methyl sites for hydroxylation is 1. The zero-order valence-corrected chi connectivity index (χ0v) is 15.4. The lowest BCUT2D eigenvalue weighted by atomic mass is 10.1. The molecule has 0 aromatic heterocycles. The van der Waals surface area contributed by atoms with Crippen LogP contribution in [0.25, 0.3) is 0 Å². The third-order valence-electron chi connectivity index (χ3n) is 4.12. The minimum atomic E-state index is -0.249. The fraction of sp³-hybridized carbons (Fsp3) is 0.136. The van der Waals surface area contributed by atoms with Crippen LogP contribution in [0.5, 0.6) is 5.75 Å². The zero-order chi connectivity index (χ0) is 18.4. The summed E-state index contributed by atoms with van der Waals surface area (Å²) in [5.74, 6) is 0.479. The van der Waals surface area contributed by atoms with Crippen molar-refractivity contribution < 1.29 is 9.13 Å². The average molecular weight is 365 g/mol. The largest absolute Gasteiger partial charge is 0.489 e. The number of rotatable bonds is 6. The van der Waals surface area contributed by atoms with Crippen molar-refractivity contribution in [3.8, 4) is 5.75 Å². The van der Waals surface area contributed by atoms with E-state index in [1.807, 2.05) is 36.4 Å². The smallest absolute Gasteiger partial charge is 0.123 e. The maximum absolute atomic E-state index is 12.9. The lowest BCUT2D eigenvalue weighted by Crippen LogP contribution is -2.22. The summed E-state index contributed by atoms with van der Waals surface area (Å²) in [7, 11) is 0. The van der Waals surface area contributed by atoms with E-state index in [1.54, 1.807) is 12.1 Å². The van der Waals surface area contributed by atoms with Gasteiger partial charge in [0.15, 0.2) is 0 Å². The molecule has 0 fully saturated rings. The highest BCUT2D eigenvalue weighted by atomic mass is 32.1. The Bertz CT molecular complexity index is 893. The minimum Gasteiger partial charge on any atom is -0.489 e. The predicted octanol–water partition coefficient (Wildman–Crippen LogP) is 5.18. The monoisotopic (exact) mass is 365 g/mol. The molecule has 0 heterocycles. The Morgan fingerprint density at radius 3 is 2.54 bits per heavy atom. The van der Waals surface area contributed by atoms with Gasteiger partial charge < -0.3 is 10.1 Å². The second-order valence-corrected chi connectivity index (χ2v) is 6.46. The van der Waals surface area contributed by atoms with E-state index in [2.05, 4.69) is 24.4 Å². The molecule has 0 spiro atoms. The molecular weight excluding hydrogens is 345 g/mol. The Kier molecular flexibility index (Phi) is 5.97. The molecule has 0 aliphatic rings. The summed E-state index contributed by atoms with van der Waals surface area (Å²) in [4.78, 5) is 0.681. The number of benzene rings is 3. The van der Waals surface area contributed by atoms with E-state index >= 15 is 0 Å². The van der Waals surface area contributed by atoms with E-state index in [0.717, 1.165) is 16.9 Å². The number of thiocarbonyl (C=S) groups is 1.